The number of nitrogens with one attached hydrogen (secondary N) is 2. The molecule has 0 radical (unpaired) electrons. The lowest BCUT2D eigenvalue weighted by atomic mass is 10.3. The molecule has 1 aliphatic rings. The van der Waals surface area contributed by atoms with Crippen LogP contribution in [0.5, 0.6) is 0 Å². The van der Waals surface area contributed by atoms with E-state index >= 15 is 0 Å². The molecular formula is C10H16ClN5O. The number of hydrogen-bond donors (Lipinski definition) is 2. The highest BCUT2D eigenvalue weighted by Gasteiger charge is 2.17. The Morgan fingerprint density at radius 2 is 2.06 bits per heavy atom. The molecule has 1 aromatic heterocycles. The summed E-state index contributed by atoms with van der Waals surface area (Å²) in [4.78, 5) is 12.3. The number of hydrogen-bond acceptors (Lipinski definition) is 6. The minimum Gasteiger partial charge on any atom is -0.379 e. The molecule has 94 valence electrons. The smallest absolute Gasteiger partial charge is 0.229 e. The summed E-state index contributed by atoms with van der Waals surface area (Å²) in [5.74, 6) is 0.977. The predicted molar refractivity (Wildman–Crippen MR) is 66.4 cm³/mol. The van der Waals surface area contributed by atoms with E-state index in [1.807, 2.05) is 13.8 Å². The average molecular weight is 258 g/mol. The zero-order valence-electron chi connectivity index (χ0n) is 9.90. The summed E-state index contributed by atoms with van der Waals surface area (Å²) < 4.78 is 5.27. The molecular weight excluding hydrogens is 242 g/mol. The number of rotatable bonds is 4. The number of nitrogens with zero attached hydrogens (tertiary/aromatic N) is 3. The van der Waals surface area contributed by atoms with E-state index in [0.29, 0.717) is 18.5 Å². The molecule has 0 spiro atoms. The van der Waals surface area contributed by atoms with E-state index in [1.165, 1.54) is 0 Å². The molecule has 2 N–H and O–H groups in total. The molecule has 6 nitrogen and oxygen atoms in total. The summed E-state index contributed by atoms with van der Waals surface area (Å²) in [6.07, 6.45) is 0.955. The molecule has 1 fully saturated rings. The van der Waals surface area contributed by atoms with E-state index in [9.17, 15) is 0 Å². The average Bonchev–Trinajstić information content (AvgIpc) is 2.67. The molecule has 0 unspecified atom stereocenters. The summed E-state index contributed by atoms with van der Waals surface area (Å²) in [6, 6.07) is 0.497. The zero-order chi connectivity index (χ0) is 12.3. The van der Waals surface area contributed by atoms with E-state index in [4.69, 9.17) is 16.3 Å². The van der Waals surface area contributed by atoms with Gasteiger partial charge in [0.1, 0.15) is 0 Å². The summed E-state index contributed by atoms with van der Waals surface area (Å²) in [5.41, 5.74) is 0. The Morgan fingerprint density at radius 3 is 2.71 bits per heavy atom. The van der Waals surface area contributed by atoms with Gasteiger partial charge in [0.2, 0.25) is 17.2 Å². The van der Waals surface area contributed by atoms with Crippen molar-refractivity contribution in [3.05, 3.63) is 5.28 Å². The van der Waals surface area contributed by atoms with E-state index in [1.54, 1.807) is 0 Å². The Bertz CT molecular complexity index is 381. The Kier molecular flexibility index (Phi) is 3.96. The second-order valence-corrected chi connectivity index (χ2v) is 4.59. The van der Waals surface area contributed by atoms with Crippen molar-refractivity contribution in [3.8, 4) is 0 Å². The monoisotopic (exact) mass is 257 g/mol. The molecule has 1 aliphatic heterocycles. The maximum Gasteiger partial charge on any atom is 0.229 e. The first-order chi connectivity index (χ1) is 8.13. The highest BCUT2D eigenvalue weighted by Crippen LogP contribution is 2.14. The van der Waals surface area contributed by atoms with Gasteiger partial charge in [-0.1, -0.05) is 0 Å². The van der Waals surface area contributed by atoms with Crippen LogP contribution in [0.4, 0.5) is 11.9 Å². The predicted octanol–water partition coefficient (Wildman–Crippen LogP) is 1.55. The van der Waals surface area contributed by atoms with Crippen molar-refractivity contribution in [1.82, 2.24) is 15.0 Å². The first kappa shape index (κ1) is 12.3. The number of anilines is 2. The third kappa shape index (κ3) is 3.67. The van der Waals surface area contributed by atoms with Crippen LogP contribution in [0.2, 0.25) is 5.28 Å². The maximum absolute atomic E-state index is 5.85. The number of aromatic nitrogens is 3. The minimum atomic E-state index is 0.185. The highest BCUT2D eigenvalue weighted by atomic mass is 35.5. The Labute approximate surface area is 105 Å². The molecule has 0 aromatic carbocycles. The van der Waals surface area contributed by atoms with Crippen LogP contribution in [-0.2, 0) is 4.74 Å². The van der Waals surface area contributed by atoms with Crippen molar-refractivity contribution in [3.63, 3.8) is 0 Å². The van der Waals surface area contributed by atoms with Gasteiger partial charge in [0.25, 0.3) is 0 Å². The normalized spacial score (nSPS) is 19.6. The molecule has 1 aromatic rings. The van der Waals surface area contributed by atoms with Crippen molar-refractivity contribution in [2.75, 3.05) is 23.8 Å². The first-order valence-electron chi connectivity index (χ1n) is 5.66. The highest BCUT2D eigenvalue weighted by molar-refractivity contribution is 6.28. The second kappa shape index (κ2) is 5.46. The fourth-order valence-electron chi connectivity index (χ4n) is 1.57. The molecule has 0 amide bonds. The van der Waals surface area contributed by atoms with Crippen LogP contribution in [0.1, 0.15) is 20.3 Å². The third-order valence-corrected chi connectivity index (χ3v) is 2.46. The van der Waals surface area contributed by atoms with Crippen LogP contribution in [0.25, 0.3) is 0 Å². The molecule has 0 bridgehead atoms. The lowest BCUT2D eigenvalue weighted by Gasteiger charge is -2.12. The number of ether oxygens (including phenoxy) is 1. The van der Waals surface area contributed by atoms with Crippen LogP contribution < -0.4 is 10.6 Å². The minimum absolute atomic E-state index is 0.185. The van der Waals surface area contributed by atoms with E-state index < -0.39 is 0 Å². The standard InChI is InChI=1S/C10H16ClN5O/c1-6(2)12-9-14-8(11)15-10(16-9)13-7-3-4-17-5-7/h6-7H,3-5H2,1-2H3,(H2,12,13,14,15,16)/t7-/m0/s1. The van der Waals surface area contributed by atoms with Gasteiger partial charge in [0, 0.05) is 12.6 Å². The molecule has 7 heteroatoms. The van der Waals surface area contributed by atoms with Gasteiger partial charge in [0.05, 0.1) is 12.6 Å². The maximum atomic E-state index is 5.85. The van der Waals surface area contributed by atoms with Crippen LogP contribution in [-0.4, -0.2) is 40.2 Å². The van der Waals surface area contributed by atoms with Crippen molar-refractivity contribution >= 4 is 23.5 Å². The van der Waals surface area contributed by atoms with E-state index in [2.05, 4.69) is 25.6 Å². The molecule has 17 heavy (non-hydrogen) atoms. The Balaban J connectivity index is 2.07. The van der Waals surface area contributed by atoms with Crippen LogP contribution in [0.3, 0.4) is 0 Å². The van der Waals surface area contributed by atoms with Gasteiger partial charge < -0.3 is 15.4 Å². The van der Waals surface area contributed by atoms with Gasteiger partial charge in [0.15, 0.2) is 0 Å². The van der Waals surface area contributed by atoms with Crippen molar-refractivity contribution in [2.45, 2.75) is 32.4 Å². The largest absolute Gasteiger partial charge is 0.379 e. The summed E-state index contributed by atoms with van der Waals surface area (Å²) in [5, 5.41) is 6.46. The molecule has 0 saturated carbocycles. The fraction of sp³-hybridized carbons (Fsp3) is 0.700. The number of halogens is 1. The lowest BCUT2D eigenvalue weighted by Crippen LogP contribution is -2.22. The Morgan fingerprint density at radius 1 is 1.29 bits per heavy atom. The van der Waals surface area contributed by atoms with Gasteiger partial charge in [-0.15, -0.1) is 0 Å². The molecule has 0 aliphatic carbocycles. The third-order valence-electron chi connectivity index (χ3n) is 2.29. The second-order valence-electron chi connectivity index (χ2n) is 4.26. The van der Waals surface area contributed by atoms with Crippen LogP contribution in [0.15, 0.2) is 0 Å². The molecule has 2 rings (SSSR count). The summed E-state index contributed by atoms with van der Waals surface area (Å²) >= 11 is 5.85. The van der Waals surface area contributed by atoms with Crippen LogP contribution in [0, 0.1) is 0 Å². The lowest BCUT2D eigenvalue weighted by molar-refractivity contribution is 0.195. The van der Waals surface area contributed by atoms with E-state index in [0.717, 1.165) is 13.0 Å². The quantitative estimate of drug-likeness (QED) is 0.853. The SMILES string of the molecule is CC(C)Nc1nc(Cl)nc(N[C@H]2CCOC2)n1. The summed E-state index contributed by atoms with van der Waals surface area (Å²) in [7, 11) is 0. The van der Waals surface area contributed by atoms with E-state index in [-0.39, 0.29) is 17.4 Å². The first-order valence-corrected chi connectivity index (χ1v) is 6.03. The summed E-state index contributed by atoms with van der Waals surface area (Å²) in [6.45, 7) is 5.47. The van der Waals surface area contributed by atoms with Gasteiger partial charge in [-0.05, 0) is 31.9 Å². The van der Waals surface area contributed by atoms with Crippen molar-refractivity contribution in [2.24, 2.45) is 0 Å². The van der Waals surface area contributed by atoms with Crippen molar-refractivity contribution in [1.29, 1.82) is 0 Å². The Hall–Kier alpha value is -1.14. The van der Waals surface area contributed by atoms with Crippen molar-refractivity contribution < 1.29 is 4.74 Å². The zero-order valence-corrected chi connectivity index (χ0v) is 10.7. The topological polar surface area (TPSA) is 72.0 Å². The molecule has 1 saturated heterocycles. The van der Waals surface area contributed by atoms with Gasteiger partial charge in [-0.25, -0.2) is 0 Å². The van der Waals surface area contributed by atoms with Gasteiger partial charge >= 0.3 is 0 Å². The molecule has 2 heterocycles. The van der Waals surface area contributed by atoms with Gasteiger partial charge in [-0.2, -0.15) is 15.0 Å². The van der Waals surface area contributed by atoms with Gasteiger partial charge in [-0.3, -0.25) is 0 Å². The molecule has 1 atom stereocenters. The van der Waals surface area contributed by atoms with Crippen LogP contribution >= 0.6 is 11.6 Å². The fourth-order valence-corrected chi connectivity index (χ4v) is 1.73.